The molecule has 1 aromatic heterocycles. The van der Waals surface area contributed by atoms with E-state index in [0.29, 0.717) is 56.6 Å². The summed E-state index contributed by atoms with van der Waals surface area (Å²) in [5, 5.41) is 3.91. The Morgan fingerprint density at radius 1 is 1.21 bits per heavy atom. The number of ketones is 1. The van der Waals surface area contributed by atoms with Crippen molar-refractivity contribution in [1.29, 1.82) is 0 Å². The Morgan fingerprint density at radius 3 is 2.70 bits per heavy atom. The molecular formula is C26H26ClNO5. The minimum absolute atomic E-state index is 0.0452. The number of Topliss-reactive ketones (excluding diaryl/α,β-unsaturated/α-hetero) is 1. The molecule has 1 fully saturated rings. The number of fused-ring (bicyclic) bond motifs is 3. The maximum Gasteiger partial charge on any atom is 0.291 e. The molecule has 172 valence electrons. The van der Waals surface area contributed by atoms with E-state index >= 15 is 0 Å². The number of carbonyl (C=O) groups excluding carboxylic acids is 2. The first-order valence-corrected chi connectivity index (χ1v) is 11.6. The minimum atomic E-state index is -0.445. The molecule has 0 saturated heterocycles. The van der Waals surface area contributed by atoms with Crippen LogP contribution in [0.25, 0.3) is 11.0 Å². The Morgan fingerprint density at radius 2 is 1.97 bits per heavy atom. The third kappa shape index (κ3) is 3.76. The predicted molar refractivity (Wildman–Crippen MR) is 127 cm³/mol. The summed E-state index contributed by atoms with van der Waals surface area (Å²) in [5.74, 6) is 1.47. The lowest BCUT2D eigenvalue weighted by Gasteiger charge is -2.42. The number of amides is 1. The molecule has 6 nitrogen and oxygen atoms in total. The van der Waals surface area contributed by atoms with E-state index in [1.165, 1.54) is 7.11 Å². The van der Waals surface area contributed by atoms with Crippen LogP contribution in [0.4, 0.5) is 5.69 Å². The van der Waals surface area contributed by atoms with Crippen molar-refractivity contribution in [2.45, 2.75) is 51.6 Å². The van der Waals surface area contributed by atoms with Crippen LogP contribution in [0.5, 0.6) is 11.5 Å². The quantitative estimate of drug-likeness (QED) is 0.471. The maximum atomic E-state index is 13.3. The fourth-order valence-corrected chi connectivity index (χ4v) is 5.25. The average molecular weight is 468 g/mol. The van der Waals surface area contributed by atoms with Gasteiger partial charge in [0.05, 0.1) is 24.8 Å². The highest BCUT2D eigenvalue weighted by Crippen LogP contribution is 2.46. The standard InChI is InChI=1S/C26H26ClNO5/c1-14-8-10-26(11-9-14)13-18(29)23-21(33-26)7-6-20-22(23)15(2)24(32-20)25(30)28-17-12-16(27)4-5-19(17)31-3/h4-7,12,14H,8-11,13H2,1-3H3,(H,28,30). The zero-order chi connectivity index (χ0) is 23.3. The number of nitrogens with one attached hydrogen (secondary N) is 1. The topological polar surface area (TPSA) is 77.8 Å². The molecule has 5 rings (SSSR count). The van der Waals surface area contributed by atoms with Crippen LogP contribution in [0.2, 0.25) is 5.02 Å². The molecule has 7 heteroatoms. The molecule has 0 unspecified atom stereocenters. The van der Waals surface area contributed by atoms with Crippen molar-refractivity contribution in [3.63, 3.8) is 0 Å². The van der Waals surface area contributed by atoms with E-state index in [-0.39, 0.29) is 11.5 Å². The van der Waals surface area contributed by atoms with E-state index < -0.39 is 11.5 Å². The van der Waals surface area contributed by atoms with Gasteiger partial charge >= 0.3 is 0 Å². The Kier molecular flexibility index (Phi) is 5.36. The van der Waals surface area contributed by atoms with E-state index in [1.54, 1.807) is 37.3 Å². The summed E-state index contributed by atoms with van der Waals surface area (Å²) >= 11 is 6.08. The number of benzene rings is 2. The summed E-state index contributed by atoms with van der Waals surface area (Å²) in [4.78, 5) is 26.4. The van der Waals surface area contributed by atoms with Crippen LogP contribution in [0.1, 0.15) is 65.5 Å². The molecule has 1 N–H and O–H groups in total. The lowest BCUT2D eigenvalue weighted by molar-refractivity contribution is 0.00430. The molecule has 2 aromatic carbocycles. The van der Waals surface area contributed by atoms with Crippen LogP contribution in [0, 0.1) is 12.8 Å². The van der Waals surface area contributed by atoms with Gasteiger partial charge in [0.2, 0.25) is 0 Å². The number of carbonyl (C=O) groups is 2. The van der Waals surface area contributed by atoms with Crippen LogP contribution in [0.3, 0.4) is 0 Å². The van der Waals surface area contributed by atoms with Crippen molar-refractivity contribution >= 4 is 39.9 Å². The van der Waals surface area contributed by atoms with Gasteiger partial charge in [-0.3, -0.25) is 9.59 Å². The van der Waals surface area contributed by atoms with Gasteiger partial charge < -0.3 is 19.2 Å². The SMILES string of the molecule is COc1ccc(Cl)cc1NC(=O)c1oc2ccc3c(c2c1C)C(=O)CC1(CCC(C)CC1)O3. The van der Waals surface area contributed by atoms with Gasteiger partial charge in [0.15, 0.2) is 11.5 Å². The molecule has 2 aliphatic rings. The van der Waals surface area contributed by atoms with Crippen LogP contribution in [-0.4, -0.2) is 24.4 Å². The van der Waals surface area contributed by atoms with Gasteiger partial charge in [0.1, 0.15) is 22.7 Å². The third-order valence-corrected chi connectivity index (χ3v) is 7.18. The first kappa shape index (κ1) is 21.8. The second-order valence-corrected chi connectivity index (χ2v) is 9.67. The van der Waals surface area contributed by atoms with E-state index in [2.05, 4.69) is 12.2 Å². The zero-order valence-electron chi connectivity index (χ0n) is 18.9. The van der Waals surface area contributed by atoms with Gasteiger partial charge in [0.25, 0.3) is 5.91 Å². The Labute approximate surface area is 197 Å². The fourth-order valence-electron chi connectivity index (χ4n) is 5.07. The Balaban J connectivity index is 1.51. The lowest BCUT2D eigenvalue weighted by atomic mass is 9.74. The second-order valence-electron chi connectivity index (χ2n) is 9.23. The van der Waals surface area contributed by atoms with Gasteiger partial charge in [-0.1, -0.05) is 18.5 Å². The van der Waals surface area contributed by atoms with Crippen molar-refractivity contribution in [3.05, 3.63) is 52.2 Å². The van der Waals surface area contributed by atoms with E-state index in [4.69, 9.17) is 25.5 Å². The van der Waals surface area contributed by atoms with Crippen LogP contribution < -0.4 is 14.8 Å². The maximum absolute atomic E-state index is 13.3. The molecule has 2 heterocycles. The Hall–Kier alpha value is -2.99. The van der Waals surface area contributed by atoms with Crippen LogP contribution >= 0.6 is 11.6 Å². The number of hydrogen-bond donors (Lipinski definition) is 1. The number of halogens is 1. The molecule has 1 aliphatic carbocycles. The number of aryl methyl sites for hydroxylation is 1. The smallest absolute Gasteiger partial charge is 0.291 e. The van der Waals surface area contributed by atoms with Crippen molar-refractivity contribution in [3.8, 4) is 11.5 Å². The van der Waals surface area contributed by atoms with Gasteiger partial charge in [-0.05, 0) is 68.9 Å². The summed E-state index contributed by atoms with van der Waals surface area (Å²) in [7, 11) is 1.52. The van der Waals surface area contributed by atoms with Gasteiger partial charge in [-0.2, -0.15) is 0 Å². The summed E-state index contributed by atoms with van der Waals surface area (Å²) in [6.07, 6.45) is 4.26. The molecule has 0 bridgehead atoms. The van der Waals surface area contributed by atoms with Crippen molar-refractivity contribution in [1.82, 2.24) is 0 Å². The Bertz CT molecular complexity index is 1270. The molecule has 3 aromatic rings. The predicted octanol–water partition coefficient (Wildman–Crippen LogP) is 6.57. The molecule has 1 spiro atoms. The normalized spacial score (nSPS) is 22.2. The van der Waals surface area contributed by atoms with Gasteiger partial charge in [-0.15, -0.1) is 0 Å². The summed E-state index contributed by atoms with van der Waals surface area (Å²) in [6.45, 7) is 4.03. The van der Waals surface area contributed by atoms with Gasteiger partial charge in [-0.25, -0.2) is 0 Å². The zero-order valence-corrected chi connectivity index (χ0v) is 19.7. The van der Waals surface area contributed by atoms with E-state index in [9.17, 15) is 9.59 Å². The number of methoxy groups -OCH3 is 1. The highest BCUT2D eigenvalue weighted by molar-refractivity contribution is 6.31. The highest BCUT2D eigenvalue weighted by Gasteiger charge is 2.43. The molecule has 1 saturated carbocycles. The van der Waals surface area contributed by atoms with Crippen LogP contribution in [0.15, 0.2) is 34.7 Å². The fraction of sp³-hybridized carbons (Fsp3) is 0.385. The number of furan rings is 1. The monoisotopic (exact) mass is 467 g/mol. The first-order chi connectivity index (χ1) is 15.8. The second kappa shape index (κ2) is 8.10. The number of rotatable bonds is 3. The molecule has 33 heavy (non-hydrogen) atoms. The molecule has 0 atom stereocenters. The van der Waals surface area contributed by atoms with Crippen molar-refractivity contribution in [2.24, 2.45) is 5.92 Å². The lowest BCUT2D eigenvalue weighted by Crippen LogP contribution is -2.44. The minimum Gasteiger partial charge on any atom is -0.495 e. The van der Waals surface area contributed by atoms with E-state index in [1.807, 2.05) is 0 Å². The molecule has 1 aliphatic heterocycles. The largest absolute Gasteiger partial charge is 0.495 e. The molecular weight excluding hydrogens is 442 g/mol. The average Bonchev–Trinajstić information content (AvgIpc) is 3.13. The van der Waals surface area contributed by atoms with Crippen molar-refractivity contribution in [2.75, 3.05) is 12.4 Å². The summed E-state index contributed by atoms with van der Waals surface area (Å²) < 4.78 is 17.7. The summed E-state index contributed by atoms with van der Waals surface area (Å²) in [5.41, 5.74) is 1.62. The van der Waals surface area contributed by atoms with Gasteiger partial charge in [0, 0.05) is 16.0 Å². The highest BCUT2D eigenvalue weighted by atomic mass is 35.5. The summed E-state index contributed by atoms with van der Waals surface area (Å²) in [6, 6.07) is 8.53. The number of anilines is 1. The van der Waals surface area contributed by atoms with E-state index in [0.717, 1.165) is 25.7 Å². The molecule has 1 amide bonds. The number of hydrogen-bond acceptors (Lipinski definition) is 5. The molecule has 0 radical (unpaired) electrons. The first-order valence-electron chi connectivity index (χ1n) is 11.2. The van der Waals surface area contributed by atoms with Crippen LogP contribution in [-0.2, 0) is 0 Å². The third-order valence-electron chi connectivity index (χ3n) is 6.95. The van der Waals surface area contributed by atoms with Crippen molar-refractivity contribution < 1.29 is 23.5 Å². The number of ether oxygens (including phenoxy) is 2.